The molecule has 12 heteroatoms. The van der Waals surface area contributed by atoms with Crippen LogP contribution < -0.4 is 5.69 Å². The number of hydrogen-bond acceptors (Lipinski definition) is 5. The Kier molecular flexibility index (Phi) is 6.80. The minimum atomic E-state index is -4.68. The van der Waals surface area contributed by atoms with Crippen LogP contribution in [0.2, 0.25) is 0 Å². The number of rotatable bonds is 7. The van der Waals surface area contributed by atoms with Gasteiger partial charge in [0.05, 0.1) is 22.9 Å². The van der Waals surface area contributed by atoms with Crippen LogP contribution in [0.25, 0.3) is 11.2 Å². The zero-order chi connectivity index (χ0) is 29.1. The second kappa shape index (κ2) is 10.1. The standard InChI is InChI=1S/C29H32F4N6O2/c1-18(37-8-7-21(30)15-37)20-10-24(29(31,32)33)25-16-38(27(40)39(25)14-20)22-6-4-5-19(9-22)11-28(12-23(13-28)41-3)26-35-34-17-36(26)2/h4-6,9-10,14,16-18,21,23H,7-8,11-13,15H2,1-3H3/t18-,21+,23-,28-/m0/s1. The maximum Gasteiger partial charge on any atom is 0.418 e. The second-order valence-electron chi connectivity index (χ2n) is 11.4. The zero-order valence-corrected chi connectivity index (χ0v) is 23.1. The summed E-state index contributed by atoms with van der Waals surface area (Å²) in [5.41, 5.74) is -0.332. The molecular weight excluding hydrogens is 540 g/mol. The monoisotopic (exact) mass is 572 g/mol. The van der Waals surface area contributed by atoms with E-state index in [4.69, 9.17) is 4.74 Å². The highest BCUT2D eigenvalue weighted by Crippen LogP contribution is 2.46. The molecule has 41 heavy (non-hydrogen) atoms. The largest absolute Gasteiger partial charge is 0.418 e. The van der Waals surface area contributed by atoms with Gasteiger partial charge in [0.15, 0.2) is 0 Å². The maximum absolute atomic E-state index is 14.2. The van der Waals surface area contributed by atoms with Gasteiger partial charge < -0.3 is 9.30 Å². The number of benzene rings is 1. The van der Waals surface area contributed by atoms with Crippen molar-refractivity contribution in [2.45, 2.75) is 62.5 Å². The number of hydrogen-bond donors (Lipinski definition) is 0. The van der Waals surface area contributed by atoms with Gasteiger partial charge in [-0.3, -0.25) is 13.9 Å². The normalized spacial score (nSPS) is 24.2. The SMILES string of the molecule is CO[C@H]1C[C@](Cc2cccc(-n3cc4c(C(F)(F)F)cc([C@H](C)N5CC[C@@H](F)C5)cn4c3=O)c2)(c2nncn2C)C1. The Balaban J connectivity index is 1.39. The fourth-order valence-corrected chi connectivity index (χ4v) is 6.51. The molecule has 8 nitrogen and oxygen atoms in total. The van der Waals surface area contributed by atoms with E-state index in [9.17, 15) is 22.4 Å². The van der Waals surface area contributed by atoms with Crippen LogP contribution >= 0.6 is 0 Å². The maximum atomic E-state index is 14.2. The van der Waals surface area contributed by atoms with Crippen molar-refractivity contribution in [3.05, 3.63) is 82.1 Å². The topological polar surface area (TPSA) is 69.6 Å². The Labute approximate surface area is 234 Å². The fraction of sp³-hybridized carbons (Fsp3) is 0.483. The number of aromatic nitrogens is 5. The fourth-order valence-electron chi connectivity index (χ4n) is 6.51. The number of imidazole rings is 1. The highest BCUT2D eigenvalue weighted by molar-refractivity contribution is 5.58. The molecule has 1 aromatic carbocycles. The van der Waals surface area contributed by atoms with Crippen molar-refractivity contribution in [3.8, 4) is 5.69 Å². The van der Waals surface area contributed by atoms with Crippen LogP contribution in [0, 0.1) is 0 Å². The summed E-state index contributed by atoms with van der Waals surface area (Å²) in [6, 6.07) is 7.89. The number of methoxy groups -OCH3 is 1. The minimum absolute atomic E-state index is 0.100. The molecule has 4 heterocycles. The van der Waals surface area contributed by atoms with E-state index in [1.54, 1.807) is 37.4 Å². The molecule has 2 fully saturated rings. The average molecular weight is 573 g/mol. The summed E-state index contributed by atoms with van der Waals surface area (Å²) in [5.74, 6) is 0.844. The van der Waals surface area contributed by atoms with Crippen LogP contribution in [0.4, 0.5) is 17.6 Å². The van der Waals surface area contributed by atoms with Gasteiger partial charge >= 0.3 is 11.9 Å². The molecule has 218 valence electrons. The summed E-state index contributed by atoms with van der Waals surface area (Å²) in [4.78, 5) is 15.4. The zero-order valence-electron chi connectivity index (χ0n) is 23.1. The second-order valence-corrected chi connectivity index (χ2v) is 11.4. The van der Waals surface area contributed by atoms with Gasteiger partial charge in [0, 0.05) is 51.1 Å². The first kappa shape index (κ1) is 27.6. The Bertz CT molecular complexity index is 1630. The molecule has 0 bridgehead atoms. The first-order valence-corrected chi connectivity index (χ1v) is 13.7. The number of alkyl halides is 4. The van der Waals surface area contributed by atoms with Gasteiger partial charge in [-0.2, -0.15) is 13.2 Å². The molecule has 3 aromatic heterocycles. The molecule has 1 saturated heterocycles. The van der Waals surface area contributed by atoms with Crippen molar-refractivity contribution < 1.29 is 22.3 Å². The summed E-state index contributed by atoms with van der Waals surface area (Å²) in [6.45, 7) is 2.35. The lowest BCUT2D eigenvalue weighted by Gasteiger charge is -2.46. The van der Waals surface area contributed by atoms with Crippen molar-refractivity contribution in [2.75, 3.05) is 20.2 Å². The number of likely N-dealkylation sites (tertiary alicyclic amines) is 1. The van der Waals surface area contributed by atoms with Gasteiger partial charge in [-0.25, -0.2) is 9.18 Å². The van der Waals surface area contributed by atoms with Gasteiger partial charge in [0.2, 0.25) is 0 Å². The molecule has 2 aliphatic rings. The smallest absolute Gasteiger partial charge is 0.381 e. The predicted molar refractivity (Wildman–Crippen MR) is 144 cm³/mol. The molecule has 0 amide bonds. The summed E-state index contributed by atoms with van der Waals surface area (Å²) in [6.07, 6.45) is 1.23. The van der Waals surface area contributed by atoms with E-state index in [1.807, 2.05) is 23.7 Å². The lowest BCUT2D eigenvalue weighted by Crippen LogP contribution is -2.48. The molecule has 0 radical (unpaired) electrons. The molecule has 0 spiro atoms. The van der Waals surface area contributed by atoms with E-state index in [1.165, 1.54) is 17.0 Å². The molecule has 2 atom stereocenters. The van der Waals surface area contributed by atoms with E-state index in [0.717, 1.165) is 34.7 Å². The molecule has 1 saturated carbocycles. The van der Waals surface area contributed by atoms with E-state index < -0.39 is 29.6 Å². The summed E-state index contributed by atoms with van der Waals surface area (Å²) in [7, 11) is 3.58. The molecule has 1 aliphatic carbocycles. The summed E-state index contributed by atoms with van der Waals surface area (Å²) >= 11 is 0. The van der Waals surface area contributed by atoms with Crippen LogP contribution in [0.5, 0.6) is 0 Å². The number of halogens is 4. The lowest BCUT2D eigenvalue weighted by molar-refractivity contribution is -0.136. The van der Waals surface area contributed by atoms with Crippen LogP contribution in [0.1, 0.15) is 54.7 Å². The van der Waals surface area contributed by atoms with Crippen LogP contribution in [0.15, 0.2) is 53.8 Å². The first-order valence-electron chi connectivity index (χ1n) is 13.7. The Morgan fingerprint density at radius 1 is 1.20 bits per heavy atom. The number of pyridine rings is 1. The first-order chi connectivity index (χ1) is 19.5. The number of nitrogens with zero attached hydrogens (tertiary/aromatic N) is 6. The van der Waals surface area contributed by atoms with Crippen molar-refractivity contribution >= 4 is 5.52 Å². The lowest BCUT2D eigenvalue weighted by atomic mass is 9.63. The molecule has 0 unspecified atom stereocenters. The molecular formula is C29H32F4N6O2. The molecule has 0 N–H and O–H groups in total. The highest BCUT2D eigenvalue weighted by atomic mass is 19.4. The van der Waals surface area contributed by atoms with E-state index >= 15 is 0 Å². The quantitative estimate of drug-likeness (QED) is 0.302. The van der Waals surface area contributed by atoms with Crippen LogP contribution in [-0.4, -0.2) is 61.1 Å². The van der Waals surface area contributed by atoms with E-state index in [0.29, 0.717) is 30.6 Å². The molecule has 6 rings (SSSR count). The Hall–Kier alpha value is -3.51. The third-order valence-corrected chi connectivity index (χ3v) is 8.77. The molecule has 1 aliphatic heterocycles. The average Bonchev–Trinajstić information content (AvgIpc) is 3.63. The highest BCUT2D eigenvalue weighted by Gasteiger charge is 2.49. The van der Waals surface area contributed by atoms with Gasteiger partial charge in [-0.1, -0.05) is 12.1 Å². The third kappa shape index (κ3) is 4.86. The third-order valence-electron chi connectivity index (χ3n) is 8.77. The van der Waals surface area contributed by atoms with Crippen LogP contribution in [0.3, 0.4) is 0 Å². The van der Waals surface area contributed by atoms with E-state index in [2.05, 4.69) is 10.2 Å². The number of fused-ring (bicyclic) bond motifs is 1. The number of ether oxygens (including phenoxy) is 1. The van der Waals surface area contributed by atoms with Crippen LogP contribution in [-0.2, 0) is 29.8 Å². The van der Waals surface area contributed by atoms with Gasteiger partial charge in [0.25, 0.3) is 0 Å². The van der Waals surface area contributed by atoms with Crippen molar-refractivity contribution in [1.29, 1.82) is 0 Å². The Morgan fingerprint density at radius 2 is 1.98 bits per heavy atom. The van der Waals surface area contributed by atoms with Gasteiger partial charge in [0.1, 0.15) is 18.3 Å². The minimum Gasteiger partial charge on any atom is -0.381 e. The number of aryl methyl sites for hydroxylation is 1. The van der Waals surface area contributed by atoms with Crippen molar-refractivity contribution in [3.63, 3.8) is 0 Å². The molecule has 4 aromatic rings. The predicted octanol–water partition coefficient (Wildman–Crippen LogP) is 4.63. The van der Waals surface area contributed by atoms with Crippen molar-refractivity contribution in [1.82, 2.24) is 28.6 Å². The van der Waals surface area contributed by atoms with Gasteiger partial charge in [-0.05, 0) is 61.9 Å². The summed E-state index contributed by atoms with van der Waals surface area (Å²) < 4.78 is 66.3. The Morgan fingerprint density at radius 3 is 2.61 bits per heavy atom. The summed E-state index contributed by atoms with van der Waals surface area (Å²) in [5, 5.41) is 8.40. The van der Waals surface area contributed by atoms with Crippen molar-refractivity contribution in [2.24, 2.45) is 7.05 Å². The van der Waals surface area contributed by atoms with E-state index in [-0.39, 0.29) is 23.6 Å². The van der Waals surface area contributed by atoms with Gasteiger partial charge in [-0.15, -0.1) is 10.2 Å².